The number of likely N-dealkylation sites (tertiary alicyclic amines) is 1. The number of ether oxygens (including phenoxy) is 1. The SMILES string of the molecule is COc1ccc2c(c1)nc(C(C)N)n2CCN1CCCC1. The minimum absolute atomic E-state index is 0.0676. The van der Waals surface area contributed by atoms with E-state index in [2.05, 4.69) is 15.5 Å². The van der Waals surface area contributed by atoms with Crippen molar-refractivity contribution >= 4 is 11.0 Å². The molecular formula is C16H24N4O. The second-order valence-electron chi connectivity index (χ2n) is 5.81. The number of imidazole rings is 1. The fourth-order valence-corrected chi connectivity index (χ4v) is 3.09. The summed E-state index contributed by atoms with van der Waals surface area (Å²) in [5.41, 5.74) is 8.21. The van der Waals surface area contributed by atoms with Crippen molar-refractivity contribution in [2.24, 2.45) is 5.73 Å². The Bertz CT molecular complexity index is 614. The van der Waals surface area contributed by atoms with Crippen LogP contribution in [0.25, 0.3) is 11.0 Å². The molecule has 3 rings (SSSR count). The van der Waals surface area contributed by atoms with Crippen molar-refractivity contribution in [2.45, 2.75) is 32.4 Å². The molecule has 0 saturated carbocycles. The molecule has 1 aliphatic rings. The Morgan fingerprint density at radius 3 is 2.71 bits per heavy atom. The molecule has 1 fully saturated rings. The fraction of sp³-hybridized carbons (Fsp3) is 0.562. The van der Waals surface area contributed by atoms with Gasteiger partial charge < -0.3 is 19.9 Å². The fourth-order valence-electron chi connectivity index (χ4n) is 3.09. The van der Waals surface area contributed by atoms with Crippen LogP contribution < -0.4 is 10.5 Å². The number of hydrogen-bond acceptors (Lipinski definition) is 4. The first-order valence-corrected chi connectivity index (χ1v) is 7.71. The summed E-state index contributed by atoms with van der Waals surface area (Å²) in [6.07, 6.45) is 2.64. The molecule has 1 aliphatic heterocycles. The molecule has 5 nitrogen and oxygen atoms in total. The van der Waals surface area contributed by atoms with Crippen LogP contribution in [0.5, 0.6) is 5.75 Å². The molecule has 5 heteroatoms. The van der Waals surface area contributed by atoms with Crippen molar-refractivity contribution in [1.82, 2.24) is 14.5 Å². The zero-order valence-corrected chi connectivity index (χ0v) is 12.9. The highest BCUT2D eigenvalue weighted by atomic mass is 16.5. The summed E-state index contributed by atoms with van der Waals surface area (Å²) < 4.78 is 7.55. The Hall–Kier alpha value is -1.59. The van der Waals surface area contributed by atoms with Gasteiger partial charge in [0.15, 0.2) is 0 Å². The molecule has 1 saturated heterocycles. The van der Waals surface area contributed by atoms with Crippen LogP contribution in [0, 0.1) is 0 Å². The lowest BCUT2D eigenvalue weighted by molar-refractivity contribution is 0.321. The van der Waals surface area contributed by atoms with E-state index in [1.807, 2.05) is 19.1 Å². The number of nitrogens with two attached hydrogens (primary N) is 1. The van der Waals surface area contributed by atoms with Crippen molar-refractivity contribution in [3.05, 3.63) is 24.0 Å². The van der Waals surface area contributed by atoms with Gasteiger partial charge in [-0.3, -0.25) is 0 Å². The number of nitrogens with zero attached hydrogens (tertiary/aromatic N) is 3. The topological polar surface area (TPSA) is 56.3 Å². The number of benzene rings is 1. The van der Waals surface area contributed by atoms with E-state index in [0.29, 0.717) is 0 Å². The summed E-state index contributed by atoms with van der Waals surface area (Å²) >= 11 is 0. The van der Waals surface area contributed by atoms with Crippen LogP contribution in [0.3, 0.4) is 0 Å². The van der Waals surface area contributed by atoms with Gasteiger partial charge in [0.2, 0.25) is 0 Å². The molecule has 21 heavy (non-hydrogen) atoms. The third-order valence-electron chi connectivity index (χ3n) is 4.23. The number of fused-ring (bicyclic) bond motifs is 1. The van der Waals surface area contributed by atoms with Crippen LogP contribution in [0.15, 0.2) is 18.2 Å². The van der Waals surface area contributed by atoms with Gasteiger partial charge in [-0.15, -0.1) is 0 Å². The Morgan fingerprint density at radius 2 is 2.05 bits per heavy atom. The zero-order chi connectivity index (χ0) is 14.8. The highest BCUT2D eigenvalue weighted by Gasteiger charge is 2.17. The van der Waals surface area contributed by atoms with Gasteiger partial charge in [-0.25, -0.2) is 4.98 Å². The van der Waals surface area contributed by atoms with Gasteiger partial charge in [-0.2, -0.15) is 0 Å². The third-order valence-corrected chi connectivity index (χ3v) is 4.23. The normalized spacial score (nSPS) is 17.5. The predicted octanol–water partition coefficient (Wildman–Crippen LogP) is 2.16. The van der Waals surface area contributed by atoms with Gasteiger partial charge in [0.25, 0.3) is 0 Å². The molecule has 2 aromatic rings. The minimum atomic E-state index is -0.0676. The van der Waals surface area contributed by atoms with E-state index in [1.54, 1.807) is 7.11 Å². The van der Waals surface area contributed by atoms with E-state index >= 15 is 0 Å². The summed E-state index contributed by atoms with van der Waals surface area (Å²) in [5.74, 6) is 1.79. The molecule has 0 bridgehead atoms. The van der Waals surface area contributed by atoms with E-state index in [9.17, 15) is 0 Å². The summed E-state index contributed by atoms with van der Waals surface area (Å²) in [6, 6.07) is 5.98. The Labute approximate surface area is 125 Å². The van der Waals surface area contributed by atoms with E-state index < -0.39 is 0 Å². The number of hydrogen-bond donors (Lipinski definition) is 1. The van der Waals surface area contributed by atoms with E-state index in [1.165, 1.54) is 25.9 Å². The van der Waals surface area contributed by atoms with E-state index in [4.69, 9.17) is 15.5 Å². The molecule has 2 heterocycles. The number of rotatable bonds is 5. The molecule has 1 aromatic heterocycles. The van der Waals surface area contributed by atoms with Crippen LogP contribution >= 0.6 is 0 Å². The van der Waals surface area contributed by atoms with Crippen LogP contribution in [0.1, 0.15) is 31.6 Å². The van der Waals surface area contributed by atoms with Crippen LogP contribution in [0.2, 0.25) is 0 Å². The van der Waals surface area contributed by atoms with Crippen molar-refractivity contribution in [3.8, 4) is 5.75 Å². The van der Waals surface area contributed by atoms with Crippen LogP contribution in [-0.4, -0.2) is 41.2 Å². The minimum Gasteiger partial charge on any atom is -0.497 e. The first-order valence-electron chi connectivity index (χ1n) is 7.71. The molecule has 0 radical (unpaired) electrons. The molecule has 1 atom stereocenters. The number of aromatic nitrogens is 2. The van der Waals surface area contributed by atoms with E-state index in [-0.39, 0.29) is 6.04 Å². The van der Waals surface area contributed by atoms with Gasteiger partial charge in [0.1, 0.15) is 11.6 Å². The lowest BCUT2D eigenvalue weighted by atomic mass is 10.3. The summed E-state index contributed by atoms with van der Waals surface area (Å²) in [4.78, 5) is 7.22. The maximum absolute atomic E-state index is 6.10. The molecule has 114 valence electrons. The van der Waals surface area contributed by atoms with Crippen molar-refractivity contribution < 1.29 is 4.74 Å². The van der Waals surface area contributed by atoms with Crippen molar-refractivity contribution in [3.63, 3.8) is 0 Å². The molecule has 0 aliphatic carbocycles. The Kier molecular flexibility index (Phi) is 4.12. The molecular weight excluding hydrogens is 264 g/mol. The summed E-state index contributed by atoms with van der Waals surface area (Å²) in [7, 11) is 1.68. The lowest BCUT2D eigenvalue weighted by Crippen LogP contribution is -2.25. The Morgan fingerprint density at radius 1 is 1.29 bits per heavy atom. The maximum atomic E-state index is 6.10. The average molecular weight is 288 g/mol. The standard InChI is InChI=1S/C16H24N4O/c1-12(17)16-18-14-11-13(21-2)5-6-15(14)20(16)10-9-19-7-3-4-8-19/h5-6,11-12H,3-4,7-10,17H2,1-2H3. The highest BCUT2D eigenvalue weighted by molar-refractivity contribution is 5.78. The smallest absolute Gasteiger partial charge is 0.126 e. The maximum Gasteiger partial charge on any atom is 0.126 e. The molecule has 1 aromatic carbocycles. The number of methoxy groups -OCH3 is 1. The molecule has 0 spiro atoms. The molecule has 2 N–H and O–H groups in total. The van der Waals surface area contributed by atoms with Gasteiger partial charge in [-0.05, 0) is 45.0 Å². The predicted molar refractivity (Wildman–Crippen MR) is 84.6 cm³/mol. The van der Waals surface area contributed by atoms with Crippen LogP contribution in [0.4, 0.5) is 0 Å². The quantitative estimate of drug-likeness (QED) is 0.916. The van der Waals surface area contributed by atoms with Crippen LogP contribution in [-0.2, 0) is 6.54 Å². The van der Waals surface area contributed by atoms with Crippen molar-refractivity contribution in [2.75, 3.05) is 26.7 Å². The highest BCUT2D eigenvalue weighted by Crippen LogP contribution is 2.24. The van der Waals surface area contributed by atoms with E-state index in [0.717, 1.165) is 35.7 Å². The second kappa shape index (κ2) is 6.03. The Balaban J connectivity index is 1.91. The average Bonchev–Trinajstić information content (AvgIpc) is 3.11. The van der Waals surface area contributed by atoms with Gasteiger partial charge >= 0.3 is 0 Å². The second-order valence-corrected chi connectivity index (χ2v) is 5.81. The van der Waals surface area contributed by atoms with Gasteiger partial charge in [-0.1, -0.05) is 0 Å². The first kappa shape index (κ1) is 14.4. The first-order chi connectivity index (χ1) is 10.2. The van der Waals surface area contributed by atoms with Gasteiger partial charge in [0, 0.05) is 19.2 Å². The van der Waals surface area contributed by atoms with Gasteiger partial charge in [0.05, 0.1) is 24.2 Å². The molecule has 1 unspecified atom stereocenters. The zero-order valence-electron chi connectivity index (χ0n) is 12.9. The largest absolute Gasteiger partial charge is 0.497 e. The monoisotopic (exact) mass is 288 g/mol. The molecule has 0 amide bonds. The summed E-state index contributed by atoms with van der Waals surface area (Å²) in [5, 5.41) is 0. The third kappa shape index (κ3) is 2.89. The van der Waals surface area contributed by atoms with Crippen molar-refractivity contribution in [1.29, 1.82) is 0 Å². The lowest BCUT2D eigenvalue weighted by Gasteiger charge is -2.17. The summed E-state index contributed by atoms with van der Waals surface area (Å²) in [6.45, 7) is 6.43.